The average molecular weight is 608 g/mol. The van der Waals surface area contributed by atoms with Gasteiger partial charge in [0, 0.05) is 51.8 Å². The SMILES string of the molecule is C=C1CC2C(CCc3ccc4c(oc5ncccc54)c3-c3cccc[n+]31)c1ccccc1-c1cc(C(C)C)c([Si](C)(C)C)c[n+]12. The van der Waals surface area contributed by atoms with Crippen molar-refractivity contribution in [2.24, 2.45) is 0 Å². The molecule has 0 bridgehead atoms. The van der Waals surface area contributed by atoms with Crippen LogP contribution in [-0.2, 0) is 6.42 Å². The molecule has 0 amide bonds. The van der Waals surface area contributed by atoms with E-state index in [0.29, 0.717) is 17.5 Å². The van der Waals surface area contributed by atoms with Gasteiger partial charge in [-0.3, -0.25) is 0 Å². The van der Waals surface area contributed by atoms with E-state index in [-0.39, 0.29) is 6.04 Å². The molecule has 4 nitrogen and oxygen atoms in total. The Hall–Kier alpha value is -4.35. The van der Waals surface area contributed by atoms with Crippen LogP contribution in [0.1, 0.15) is 61.3 Å². The van der Waals surface area contributed by atoms with Crippen LogP contribution in [-0.4, -0.2) is 13.1 Å². The van der Waals surface area contributed by atoms with Crippen molar-refractivity contribution in [1.29, 1.82) is 0 Å². The fourth-order valence-corrected chi connectivity index (χ4v) is 9.75. The minimum absolute atomic E-state index is 0.264. The third-order valence-corrected chi connectivity index (χ3v) is 12.2. The van der Waals surface area contributed by atoms with Gasteiger partial charge in [0.15, 0.2) is 29.7 Å². The number of benzene rings is 2. The third kappa shape index (κ3) is 4.43. The van der Waals surface area contributed by atoms with E-state index in [2.05, 4.69) is 127 Å². The van der Waals surface area contributed by atoms with Crippen LogP contribution in [0.5, 0.6) is 0 Å². The summed E-state index contributed by atoms with van der Waals surface area (Å²) in [5, 5.41) is 3.74. The zero-order valence-electron chi connectivity index (χ0n) is 27.0. The second-order valence-electron chi connectivity index (χ2n) is 14.3. The van der Waals surface area contributed by atoms with Crippen LogP contribution in [0.4, 0.5) is 0 Å². The first-order valence-electron chi connectivity index (χ1n) is 16.4. The number of hydrogen-bond donors (Lipinski definition) is 0. The van der Waals surface area contributed by atoms with Crippen molar-refractivity contribution < 1.29 is 13.6 Å². The molecule has 8 rings (SSSR count). The van der Waals surface area contributed by atoms with Crippen LogP contribution >= 0.6 is 0 Å². The molecule has 0 aliphatic carbocycles. The van der Waals surface area contributed by atoms with E-state index in [0.717, 1.165) is 52.6 Å². The number of nitrogens with zero attached hydrogens (tertiary/aromatic N) is 3. The second kappa shape index (κ2) is 10.3. The summed E-state index contributed by atoms with van der Waals surface area (Å²) >= 11 is 0. The summed E-state index contributed by atoms with van der Waals surface area (Å²) in [4.78, 5) is 4.56. The Morgan fingerprint density at radius 3 is 2.58 bits per heavy atom. The Bertz CT molecular complexity index is 2150. The lowest BCUT2D eigenvalue weighted by Crippen LogP contribution is -2.54. The Labute approximate surface area is 266 Å². The summed E-state index contributed by atoms with van der Waals surface area (Å²) in [6, 6.07) is 27.1. The molecule has 5 heteroatoms. The largest absolute Gasteiger partial charge is 0.437 e. The number of furan rings is 1. The van der Waals surface area contributed by atoms with Crippen LogP contribution in [0.2, 0.25) is 19.6 Å². The van der Waals surface area contributed by atoms with Crippen molar-refractivity contribution in [2.45, 2.75) is 70.6 Å². The first-order valence-corrected chi connectivity index (χ1v) is 19.9. The Morgan fingerprint density at radius 1 is 0.933 bits per heavy atom. The number of aryl methyl sites for hydroxylation is 1. The number of pyridine rings is 3. The van der Waals surface area contributed by atoms with Gasteiger partial charge < -0.3 is 4.42 Å². The van der Waals surface area contributed by atoms with Gasteiger partial charge in [0.05, 0.1) is 20.1 Å². The van der Waals surface area contributed by atoms with Gasteiger partial charge in [-0.1, -0.05) is 63.8 Å². The molecule has 2 aliphatic heterocycles. The molecule has 45 heavy (non-hydrogen) atoms. The fourth-order valence-electron chi connectivity index (χ4n) is 8.00. The van der Waals surface area contributed by atoms with E-state index in [4.69, 9.17) is 11.0 Å². The standard InChI is InChI=1S/C40H41N3OSi/c1-25(2)33-23-36-29-13-8-7-12-28(29)30-18-16-27-17-19-31-32-14-11-20-41-40(32)44-39(31)38(27)34-15-9-10-21-42(34)26(3)22-35(30)43(36)24-37(33)45(4,5)6/h7-15,17,19-21,23-25,30,35H,3,16,18,22H2,1-2,4-6H3/q+2. The van der Waals surface area contributed by atoms with E-state index < -0.39 is 8.07 Å². The highest BCUT2D eigenvalue weighted by Crippen LogP contribution is 2.45. The van der Waals surface area contributed by atoms with Crippen LogP contribution in [0.15, 0.2) is 102 Å². The first-order chi connectivity index (χ1) is 21.7. The average Bonchev–Trinajstić information content (AvgIpc) is 3.41. The van der Waals surface area contributed by atoms with E-state index in [9.17, 15) is 0 Å². The molecule has 2 atom stereocenters. The molecule has 0 saturated carbocycles. The van der Waals surface area contributed by atoms with E-state index in [1.807, 2.05) is 12.3 Å². The Kier molecular flexibility index (Phi) is 6.47. The van der Waals surface area contributed by atoms with Crippen molar-refractivity contribution in [1.82, 2.24) is 4.98 Å². The molecule has 4 aromatic heterocycles. The van der Waals surface area contributed by atoms with Crippen LogP contribution in [0.25, 0.3) is 50.3 Å². The molecule has 0 radical (unpaired) electrons. The van der Waals surface area contributed by atoms with E-state index >= 15 is 0 Å². The van der Waals surface area contributed by atoms with Gasteiger partial charge in [-0.15, -0.1) is 0 Å². The normalized spacial score (nSPS) is 17.9. The van der Waals surface area contributed by atoms with Crippen molar-refractivity contribution in [2.75, 3.05) is 0 Å². The molecule has 0 N–H and O–H groups in total. The van der Waals surface area contributed by atoms with Gasteiger partial charge in [0.1, 0.15) is 0 Å². The molecule has 2 unspecified atom stereocenters. The summed E-state index contributed by atoms with van der Waals surface area (Å²) < 4.78 is 11.5. The summed E-state index contributed by atoms with van der Waals surface area (Å²) in [6.45, 7) is 16.9. The Morgan fingerprint density at radius 2 is 1.76 bits per heavy atom. The molecule has 6 aromatic rings. The lowest BCUT2D eigenvalue weighted by atomic mass is 9.77. The molecule has 2 aromatic carbocycles. The first kappa shape index (κ1) is 28.1. The van der Waals surface area contributed by atoms with Gasteiger partial charge >= 0.3 is 0 Å². The lowest BCUT2D eigenvalue weighted by molar-refractivity contribution is -0.719. The van der Waals surface area contributed by atoms with E-state index in [1.165, 1.54) is 27.9 Å². The van der Waals surface area contributed by atoms with Crippen LogP contribution < -0.4 is 14.3 Å². The molecule has 224 valence electrons. The zero-order valence-corrected chi connectivity index (χ0v) is 28.0. The third-order valence-electron chi connectivity index (χ3n) is 10.2. The fraction of sp³-hybridized carbons (Fsp3) is 0.275. The van der Waals surface area contributed by atoms with Crippen molar-refractivity contribution in [3.8, 4) is 22.5 Å². The van der Waals surface area contributed by atoms with E-state index in [1.54, 1.807) is 5.19 Å². The number of aromatic nitrogens is 3. The van der Waals surface area contributed by atoms with Crippen molar-refractivity contribution in [3.05, 3.63) is 115 Å². The maximum absolute atomic E-state index is 6.54. The predicted molar refractivity (Wildman–Crippen MR) is 186 cm³/mol. The molecule has 0 saturated heterocycles. The van der Waals surface area contributed by atoms with Crippen LogP contribution in [0.3, 0.4) is 0 Å². The molecule has 0 fully saturated rings. The number of fused-ring (bicyclic) bond motifs is 13. The topological polar surface area (TPSA) is 33.8 Å². The molecule has 6 heterocycles. The maximum Gasteiger partial charge on any atom is 0.227 e. The highest BCUT2D eigenvalue weighted by Gasteiger charge is 2.44. The van der Waals surface area contributed by atoms with Gasteiger partial charge in [0.25, 0.3) is 0 Å². The maximum atomic E-state index is 6.54. The van der Waals surface area contributed by atoms with Crippen LogP contribution in [0, 0.1) is 0 Å². The minimum Gasteiger partial charge on any atom is -0.437 e. The zero-order chi connectivity index (χ0) is 31.0. The molecular weight excluding hydrogens is 567 g/mol. The van der Waals surface area contributed by atoms with Crippen molar-refractivity contribution >= 4 is 41.0 Å². The number of hydrogen-bond acceptors (Lipinski definition) is 2. The van der Waals surface area contributed by atoms with Gasteiger partial charge in [-0.05, 0) is 66.3 Å². The summed E-state index contributed by atoms with van der Waals surface area (Å²) in [5.74, 6) is 0.826. The molecular formula is C40H41N3OSi+2. The smallest absolute Gasteiger partial charge is 0.227 e. The molecule has 2 aliphatic rings. The highest BCUT2D eigenvalue weighted by molar-refractivity contribution is 6.89. The number of rotatable bonds is 2. The quantitative estimate of drug-likeness (QED) is 0.146. The van der Waals surface area contributed by atoms with Crippen molar-refractivity contribution in [3.63, 3.8) is 0 Å². The highest BCUT2D eigenvalue weighted by atomic mass is 28.3. The second-order valence-corrected chi connectivity index (χ2v) is 19.3. The van der Waals surface area contributed by atoms with Gasteiger partial charge in [-0.2, -0.15) is 9.13 Å². The van der Waals surface area contributed by atoms with Gasteiger partial charge in [0.2, 0.25) is 17.1 Å². The lowest BCUT2D eigenvalue weighted by Gasteiger charge is -2.33. The summed E-state index contributed by atoms with van der Waals surface area (Å²) in [7, 11) is -1.62. The molecule has 0 spiro atoms. The minimum atomic E-state index is -1.62. The summed E-state index contributed by atoms with van der Waals surface area (Å²) in [6.07, 6.45) is 9.39. The number of allylic oxidation sites excluding steroid dienone is 1. The van der Waals surface area contributed by atoms with Gasteiger partial charge in [-0.25, -0.2) is 4.98 Å². The summed E-state index contributed by atoms with van der Waals surface area (Å²) in [5.41, 5.74) is 12.0. The Balaban J connectivity index is 1.37. The predicted octanol–water partition coefficient (Wildman–Crippen LogP) is 8.70. The monoisotopic (exact) mass is 607 g/mol.